The standard InChI is InChI=1S/C14H20FNO3S/c1-10-5-11(2)8-16(7-10)20(18,19)14-6-13(15)4-3-12(14)9-17/h3-4,6,10-11,17H,5,7-9H2,1-2H3. The van der Waals surface area contributed by atoms with Gasteiger partial charge < -0.3 is 5.11 Å². The van der Waals surface area contributed by atoms with E-state index in [1.165, 1.54) is 10.4 Å². The first-order chi connectivity index (χ1) is 9.34. The van der Waals surface area contributed by atoms with E-state index >= 15 is 0 Å². The molecule has 1 N–H and O–H groups in total. The fraction of sp³-hybridized carbons (Fsp3) is 0.571. The third-order valence-electron chi connectivity index (χ3n) is 3.65. The number of aliphatic hydroxyl groups excluding tert-OH is 1. The Kier molecular flexibility index (Phi) is 4.46. The van der Waals surface area contributed by atoms with Crippen LogP contribution < -0.4 is 0 Å². The van der Waals surface area contributed by atoms with E-state index < -0.39 is 22.4 Å². The van der Waals surface area contributed by atoms with Gasteiger partial charge in [-0.1, -0.05) is 19.9 Å². The van der Waals surface area contributed by atoms with E-state index in [0.717, 1.165) is 18.6 Å². The number of nitrogens with zero attached hydrogens (tertiary/aromatic N) is 1. The lowest BCUT2D eigenvalue weighted by molar-refractivity contribution is 0.222. The van der Waals surface area contributed by atoms with Crippen LogP contribution in [0.3, 0.4) is 0 Å². The predicted octanol–water partition coefficient (Wildman–Crippen LogP) is 1.98. The lowest BCUT2D eigenvalue weighted by Gasteiger charge is -2.34. The Labute approximate surface area is 119 Å². The molecule has 2 rings (SSSR count). The predicted molar refractivity (Wildman–Crippen MR) is 74.0 cm³/mol. The van der Waals surface area contributed by atoms with E-state index in [0.29, 0.717) is 13.1 Å². The molecule has 1 aromatic rings. The van der Waals surface area contributed by atoms with Gasteiger partial charge in [-0.25, -0.2) is 12.8 Å². The molecule has 0 radical (unpaired) electrons. The van der Waals surface area contributed by atoms with Crippen LogP contribution in [-0.2, 0) is 16.6 Å². The Morgan fingerprint density at radius 1 is 1.30 bits per heavy atom. The van der Waals surface area contributed by atoms with E-state index in [4.69, 9.17) is 0 Å². The van der Waals surface area contributed by atoms with Gasteiger partial charge in [-0.05, 0) is 36.0 Å². The monoisotopic (exact) mass is 301 g/mol. The van der Waals surface area contributed by atoms with Crippen molar-refractivity contribution in [2.75, 3.05) is 13.1 Å². The van der Waals surface area contributed by atoms with Crippen LogP contribution in [0.5, 0.6) is 0 Å². The highest BCUT2D eigenvalue weighted by molar-refractivity contribution is 7.89. The molecule has 1 aliphatic heterocycles. The molecule has 6 heteroatoms. The van der Waals surface area contributed by atoms with Gasteiger partial charge in [-0.3, -0.25) is 0 Å². The van der Waals surface area contributed by atoms with E-state index in [2.05, 4.69) is 0 Å². The Hall–Kier alpha value is -0.980. The van der Waals surface area contributed by atoms with Gasteiger partial charge in [-0.15, -0.1) is 0 Å². The quantitative estimate of drug-likeness (QED) is 0.929. The Morgan fingerprint density at radius 2 is 1.90 bits per heavy atom. The molecule has 1 saturated heterocycles. The summed E-state index contributed by atoms with van der Waals surface area (Å²) in [6, 6.07) is 3.47. The summed E-state index contributed by atoms with van der Waals surface area (Å²) in [4.78, 5) is -0.124. The molecule has 0 aromatic heterocycles. The normalized spacial score (nSPS) is 24.8. The SMILES string of the molecule is CC1CC(C)CN(S(=O)(=O)c2cc(F)ccc2CO)C1. The van der Waals surface area contributed by atoms with Gasteiger partial charge in [-0.2, -0.15) is 4.31 Å². The van der Waals surface area contributed by atoms with Gasteiger partial charge in [0, 0.05) is 13.1 Å². The number of sulfonamides is 1. The molecule has 0 saturated carbocycles. The minimum absolute atomic E-state index is 0.124. The average Bonchev–Trinajstić information content (AvgIpc) is 2.37. The van der Waals surface area contributed by atoms with Crippen molar-refractivity contribution in [2.45, 2.75) is 31.8 Å². The Balaban J connectivity index is 2.42. The van der Waals surface area contributed by atoms with Crippen LogP contribution in [0.2, 0.25) is 0 Å². The van der Waals surface area contributed by atoms with Crippen molar-refractivity contribution in [3.8, 4) is 0 Å². The van der Waals surface area contributed by atoms with Gasteiger partial charge in [0.25, 0.3) is 0 Å². The van der Waals surface area contributed by atoms with Crippen LogP contribution >= 0.6 is 0 Å². The molecule has 1 aromatic carbocycles. The van der Waals surface area contributed by atoms with Crippen molar-refractivity contribution in [2.24, 2.45) is 11.8 Å². The first-order valence-corrected chi connectivity index (χ1v) is 8.18. The lowest BCUT2D eigenvalue weighted by Crippen LogP contribution is -2.42. The summed E-state index contributed by atoms with van der Waals surface area (Å²) >= 11 is 0. The molecule has 112 valence electrons. The zero-order valence-corrected chi connectivity index (χ0v) is 12.5. The fourth-order valence-corrected chi connectivity index (χ4v) is 4.75. The average molecular weight is 301 g/mol. The molecule has 1 aliphatic rings. The molecule has 2 atom stereocenters. The molecule has 1 heterocycles. The summed E-state index contributed by atoms with van der Waals surface area (Å²) < 4.78 is 40.1. The van der Waals surface area contributed by atoms with Crippen molar-refractivity contribution in [3.05, 3.63) is 29.6 Å². The van der Waals surface area contributed by atoms with Crippen LogP contribution in [0.4, 0.5) is 4.39 Å². The number of rotatable bonds is 3. The second-order valence-electron chi connectivity index (χ2n) is 5.68. The van der Waals surface area contributed by atoms with Crippen molar-refractivity contribution < 1.29 is 17.9 Å². The van der Waals surface area contributed by atoms with E-state index in [1.54, 1.807) is 0 Å². The highest BCUT2D eigenvalue weighted by Crippen LogP contribution is 2.28. The summed E-state index contributed by atoms with van der Waals surface area (Å²) in [5.41, 5.74) is 0.234. The topological polar surface area (TPSA) is 57.6 Å². The first kappa shape index (κ1) is 15.4. The maximum absolute atomic E-state index is 13.4. The summed E-state index contributed by atoms with van der Waals surface area (Å²) in [6.45, 7) is 4.48. The number of benzene rings is 1. The number of hydrogen-bond acceptors (Lipinski definition) is 3. The summed E-state index contributed by atoms with van der Waals surface area (Å²) in [5, 5.41) is 9.27. The van der Waals surface area contributed by atoms with Gasteiger partial charge in [0.1, 0.15) is 5.82 Å². The minimum atomic E-state index is -3.76. The molecule has 1 fully saturated rings. The number of aliphatic hydroxyl groups is 1. The van der Waals surface area contributed by atoms with Gasteiger partial charge in [0.15, 0.2) is 0 Å². The molecule has 2 unspecified atom stereocenters. The summed E-state index contributed by atoms with van der Waals surface area (Å²) in [7, 11) is -3.76. The number of piperidine rings is 1. The van der Waals surface area contributed by atoms with Gasteiger partial charge in [0.05, 0.1) is 11.5 Å². The van der Waals surface area contributed by atoms with E-state index in [1.807, 2.05) is 13.8 Å². The molecular weight excluding hydrogens is 281 g/mol. The number of hydrogen-bond donors (Lipinski definition) is 1. The van der Waals surface area contributed by atoms with Crippen molar-refractivity contribution in [1.29, 1.82) is 0 Å². The molecular formula is C14H20FNO3S. The second kappa shape index (κ2) is 5.79. The van der Waals surface area contributed by atoms with Crippen molar-refractivity contribution in [3.63, 3.8) is 0 Å². The third-order valence-corrected chi connectivity index (χ3v) is 5.57. The maximum atomic E-state index is 13.4. The highest BCUT2D eigenvalue weighted by atomic mass is 32.2. The molecule has 0 aliphatic carbocycles. The van der Waals surface area contributed by atoms with E-state index in [-0.39, 0.29) is 22.3 Å². The number of halogens is 1. The smallest absolute Gasteiger partial charge is 0.243 e. The highest BCUT2D eigenvalue weighted by Gasteiger charge is 2.33. The zero-order chi connectivity index (χ0) is 14.9. The maximum Gasteiger partial charge on any atom is 0.243 e. The fourth-order valence-electron chi connectivity index (χ4n) is 2.84. The van der Waals surface area contributed by atoms with Gasteiger partial charge >= 0.3 is 0 Å². The largest absolute Gasteiger partial charge is 0.392 e. The van der Waals surface area contributed by atoms with Crippen LogP contribution in [0.25, 0.3) is 0 Å². The molecule has 0 spiro atoms. The van der Waals surface area contributed by atoms with Gasteiger partial charge in [0.2, 0.25) is 10.0 Å². The molecule has 4 nitrogen and oxygen atoms in total. The minimum Gasteiger partial charge on any atom is -0.392 e. The van der Waals surface area contributed by atoms with E-state index in [9.17, 15) is 17.9 Å². The molecule has 0 amide bonds. The zero-order valence-electron chi connectivity index (χ0n) is 11.7. The first-order valence-electron chi connectivity index (χ1n) is 6.74. The van der Waals surface area contributed by atoms with Crippen LogP contribution in [0.15, 0.2) is 23.1 Å². The molecule has 0 bridgehead atoms. The molecule has 20 heavy (non-hydrogen) atoms. The van der Waals surface area contributed by atoms with Crippen molar-refractivity contribution in [1.82, 2.24) is 4.31 Å². The summed E-state index contributed by atoms with van der Waals surface area (Å²) in [5.74, 6) is -0.0572. The lowest BCUT2D eigenvalue weighted by atomic mass is 9.94. The Morgan fingerprint density at radius 3 is 2.45 bits per heavy atom. The third kappa shape index (κ3) is 3.02. The Bertz CT molecular complexity index is 578. The van der Waals surface area contributed by atoms with Crippen LogP contribution in [-0.4, -0.2) is 30.9 Å². The van der Waals surface area contributed by atoms with Crippen molar-refractivity contribution >= 4 is 10.0 Å². The second-order valence-corrected chi connectivity index (χ2v) is 7.58. The summed E-state index contributed by atoms with van der Waals surface area (Å²) in [6.07, 6.45) is 0.988. The van der Waals surface area contributed by atoms with Crippen LogP contribution in [0, 0.1) is 17.7 Å². The van der Waals surface area contributed by atoms with Crippen LogP contribution in [0.1, 0.15) is 25.8 Å².